The Morgan fingerprint density at radius 2 is 2.00 bits per heavy atom. The smallest absolute Gasteiger partial charge is 0.433 e. The van der Waals surface area contributed by atoms with E-state index in [2.05, 4.69) is 10.1 Å². The third-order valence-electron chi connectivity index (χ3n) is 2.57. The van der Waals surface area contributed by atoms with Crippen LogP contribution in [0.4, 0.5) is 13.2 Å². The lowest BCUT2D eigenvalue weighted by atomic mass is 10.2. The highest BCUT2D eigenvalue weighted by Crippen LogP contribution is 2.29. The number of nitrogens with zero attached hydrogens (tertiary/aromatic N) is 3. The number of carbonyl (C=O) groups is 1. The van der Waals surface area contributed by atoms with Gasteiger partial charge in [0.2, 0.25) is 0 Å². The van der Waals surface area contributed by atoms with Crippen LogP contribution in [-0.2, 0) is 6.18 Å². The van der Waals surface area contributed by atoms with Gasteiger partial charge in [-0.15, -0.1) is 0 Å². The van der Waals surface area contributed by atoms with E-state index in [1.54, 1.807) is 6.92 Å². The van der Waals surface area contributed by atoms with Gasteiger partial charge >= 0.3 is 12.1 Å². The van der Waals surface area contributed by atoms with E-state index in [1.165, 1.54) is 6.92 Å². The molecule has 2 heterocycles. The topological polar surface area (TPSA) is 67.5 Å². The minimum absolute atomic E-state index is 0.0975. The number of fused-ring (bicyclic) bond motifs is 1. The van der Waals surface area contributed by atoms with Crippen molar-refractivity contribution >= 4 is 11.6 Å². The second-order valence-electron chi connectivity index (χ2n) is 3.78. The number of aryl methyl sites for hydroxylation is 2. The Morgan fingerprint density at radius 3 is 2.50 bits per heavy atom. The monoisotopic (exact) mass is 259 g/mol. The summed E-state index contributed by atoms with van der Waals surface area (Å²) in [4.78, 5) is 14.4. The quantitative estimate of drug-likeness (QED) is 0.851. The fraction of sp³-hybridized carbons (Fsp3) is 0.300. The number of rotatable bonds is 1. The van der Waals surface area contributed by atoms with Crippen LogP contribution < -0.4 is 0 Å². The third kappa shape index (κ3) is 1.79. The van der Waals surface area contributed by atoms with Crippen LogP contribution in [0.15, 0.2) is 6.07 Å². The molecule has 18 heavy (non-hydrogen) atoms. The summed E-state index contributed by atoms with van der Waals surface area (Å²) >= 11 is 0. The van der Waals surface area contributed by atoms with Gasteiger partial charge < -0.3 is 5.11 Å². The van der Waals surface area contributed by atoms with E-state index in [0.717, 1.165) is 4.52 Å². The van der Waals surface area contributed by atoms with E-state index in [9.17, 15) is 18.0 Å². The molecule has 2 rings (SSSR count). The molecule has 0 atom stereocenters. The molecule has 0 aliphatic carbocycles. The summed E-state index contributed by atoms with van der Waals surface area (Å²) in [7, 11) is 0. The van der Waals surface area contributed by atoms with Crippen LogP contribution in [-0.4, -0.2) is 25.7 Å². The van der Waals surface area contributed by atoms with E-state index < -0.39 is 23.5 Å². The van der Waals surface area contributed by atoms with Crippen molar-refractivity contribution in [1.82, 2.24) is 14.6 Å². The number of aromatic carboxylic acids is 1. The standard InChI is InChI=1S/C10H8F3N3O2/c1-4-5(2)15-16-6(9(17)18)3-7(10(11,12)13)14-8(4)16/h3H,1-2H3,(H,17,18). The van der Waals surface area contributed by atoms with Crippen LogP contribution in [0.3, 0.4) is 0 Å². The van der Waals surface area contributed by atoms with Gasteiger partial charge in [-0.2, -0.15) is 18.3 Å². The first-order valence-corrected chi connectivity index (χ1v) is 4.89. The summed E-state index contributed by atoms with van der Waals surface area (Å²) in [6.07, 6.45) is -4.70. The summed E-state index contributed by atoms with van der Waals surface area (Å²) in [5.74, 6) is -1.49. The van der Waals surface area contributed by atoms with Gasteiger partial charge in [-0.1, -0.05) is 0 Å². The molecule has 96 valence electrons. The first kappa shape index (κ1) is 12.3. The lowest BCUT2D eigenvalue weighted by Gasteiger charge is -2.08. The van der Waals surface area contributed by atoms with Crippen molar-refractivity contribution in [3.63, 3.8) is 0 Å². The zero-order valence-corrected chi connectivity index (χ0v) is 9.41. The van der Waals surface area contributed by atoms with E-state index in [0.29, 0.717) is 17.3 Å². The van der Waals surface area contributed by atoms with Crippen LogP contribution in [0.25, 0.3) is 5.65 Å². The number of hydrogen-bond acceptors (Lipinski definition) is 3. The zero-order chi connectivity index (χ0) is 13.7. The third-order valence-corrected chi connectivity index (χ3v) is 2.57. The molecule has 2 aromatic heterocycles. The summed E-state index contributed by atoms with van der Waals surface area (Å²) in [5.41, 5.74) is -1.05. The van der Waals surface area contributed by atoms with Gasteiger partial charge in [-0.05, 0) is 13.8 Å². The van der Waals surface area contributed by atoms with Gasteiger partial charge in [0.15, 0.2) is 11.3 Å². The van der Waals surface area contributed by atoms with Crippen LogP contribution in [0.1, 0.15) is 27.4 Å². The maximum Gasteiger partial charge on any atom is 0.433 e. The molecule has 0 fully saturated rings. The Kier molecular flexibility index (Phi) is 2.53. The van der Waals surface area contributed by atoms with Crippen molar-refractivity contribution in [3.05, 3.63) is 28.7 Å². The summed E-state index contributed by atoms with van der Waals surface area (Å²) < 4.78 is 38.7. The lowest BCUT2D eigenvalue weighted by molar-refractivity contribution is -0.141. The number of carboxylic acids is 1. The first-order chi connectivity index (χ1) is 8.21. The van der Waals surface area contributed by atoms with Crippen LogP contribution in [0.5, 0.6) is 0 Å². The number of hydrogen-bond donors (Lipinski definition) is 1. The number of alkyl halides is 3. The molecule has 0 saturated heterocycles. The predicted molar refractivity (Wildman–Crippen MR) is 54.4 cm³/mol. The second kappa shape index (κ2) is 3.69. The highest BCUT2D eigenvalue weighted by atomic mass is 19.4. The Balaban J connectivity index is 2.88. The van der Waals surface area contributed by atoms with Gasteiger partial charge in [0.1, 0.15) is 5.69 Å². The molecule has 0 bridgehead atoms. The SMILES string of the molecule is Cc1nn2c(C(=O)O)cc(C(F)(F)F)nc2c1C. The van der Waals surface area contributed by atoms with E-state index >= 15 is 0 Å². The molecule has 0 saturated carbocycles. The predicted octanol–water partition coefficient (Wildman–Crippen LogP) is 2.06. The summed E-state index contributed by atoms with van der Waals surface area (Å²) in [5, 5.41) is 12.8. The first-order valence-electron chi connectivity index (χ1n) is 4.89. The minimum atomic E-state index is -4.70. The highest BCUT2D eigenvalue weighted by Gasteiger charge is 2.35. The van der Waals surface area contributed by atoms with Crippen LogP contribution >= 0.6 is 0 Å². The molecule has 0 aliphatic rings. The molecule has 0 spiro atoms. The maximum absolute atomic E-state index is 12.6. The molecule has 0 unspecified atom stereocenters. The number of halogens is 3. The van der Waals surface area contributed by atoms with E-state index in [4.69, 9.17) is 5.11 Å². The van der Waals surface area contributed by atoms with Crippen LogP contribution in [0, 0.1) is 13.8 Å². The molecule has 0 aromatic carbocycles. The van der Waals surface area contributed by atoms with E-state index in [-0.39, 0.29) is 5.65 Å². The molecule has 0 amide bonds. The van der Waals surface area contributed by atoms with Crippen molar-refractivity contribution in [2.24, 2.45) is 0 Å². The number of carboxylic acid groups (broad SMARTS) is 1. The molecule has 1 N–H and O–H groups in total. The molecule has 8 heteroatoms. The molecular weight excluding hydrogens is 251 g/mol. The average molecular weight is 259 g/mol. The molecule has 0 radical (unpaired) electrons. The molecule has 0 aliphatic heterocycles. The van der Waals surface area contributed by atoms with Crippen molar-refractivity contribution in [1.29, 1.82) is 0 Å². The fourth-order valence-corrected chi connectivity index (χ4v) is 1.53. The van der Waals surface area contributed by atoms with Crippen molar-refractivity contribution in [2.75, 3.05) is 0 Å². The van der Waals surface area contributed by atoms with Crippen molar-refractivity contribution in [3.8, 4) is 0 Å². The van der Waals surface area contributed by atoms with Crippen molar-refractivity contribution < 1.29 is 23.1 Å². The second-order valence-corrected chi connectivity index (χ2v) is 3.78. The summed E-state index contributed by atoms with van der Waals surface area (Å²) in [6, 6.07) is 0.473. The van der Waals surface area contributed by atoms with Gasteiger partial charge in [0.05, 0.1) is 5.69 Å². The Bertz CT molecular complexity index is 646. The molecular formula is C10H8F3N3O2. The van der Waals surface area contributed by atoms with Gasteiger partial charge in [0, 0.05) is 11.6 Å². The van der Waals surface area contributed by atoms with Crippen LogP contribution in [0.2, 0.25) is 0 Å². The van der Waals surface area contributed by atoms with E-state index in [1.807, 2.05) is 0 Å². The van der Waals surface area contributed by atoms with Gasteiger partial charge in [-0.3, -0.25) is 0 Å². The molecule has 2 aromatic rings. The van der Waals surface area contributed by atoms with Crippen molar-refractivity contribution in [2.45, 2.75) is 20.0 Å². The largest absolute Gasteiger partial charge is 0.477 e. The zero-order valence-electron chi connectivity index (χ0n) is 9.41. The van der Waals surface area contributed by atoms with Gasteiger partial charge in [0.25, 0.3) is 0 Å². The molecule has 5 nitrogen and oxygen atoms in total. The minimum Gasteiger partial charge on any atom is -0.477 e. The number of aromatic nitrogens is 3. The van der Waals surface area contributed by atoms with Gasteiger partial charge in [-0.25, -0.2) is 14.3 Å². The maximum atomic E-state index is 12.6. The highest BCUT2D eigenvalue weighted by molar-refractivity contribution is 5.86. The lowest BCUT2D eigenvalue weighted by Crippen LogP contribution is -2.15. The average Bonchev–Trinajstić information content (AvgIpc) is 2.52. The normalized spacial score (nSPS) is 12.1. The Hall–Kier alpha value is -2.12. The Morgan fingerprint density at radius 1 is 1.39 bits per heavy atom. The summed E-state index contributed by atoms with van der Waals surface area (Å²) in [6.45, 7) is 3.11. The fourth-order valence-electron chi connectivity index (χ4n) is 1.53. The Labute approximate surface area is 98.9 Å².